The molecule has 2 aromatic rings. The second kappa shape index (κ2) is 5.84. The number of benzene rings is 1. The molecular weight excluding hydrogens is 234 g/mol. The van der Waals surface area contributed by atoms with Crippen molar-refractivity contribution in [2.75, 3.05) is 13.6 Å². The molecule has 2 rings (SSSR count). The molecule has 90 valence electrons. The molecule has 0 aliphatic rings. The smallest absolute Gasteiger partial charge is 0.0926 e. The zero-order chi connectivity index (χ0) is 12.1. The standard InChI is InChI=1S/C13H16ClN3/c1-16(11-17-10-13(14)9-15-17)8-7-12-5-3-2-4-6-12/h2-6,9-10H,7-8,11H2,1H3. The summed E-state index contributed by atoms with van der Waals surface area (Å²) in [5, 5.41) is 4.84. The zero-order valence-electron chi connectivity index (χ0n) is 9.88. The monoisotopic (exact) mass is 249 g/mol. The molecule has 0 saturated heterocycles. The van der Waals surface area contributed by atoms with Crippen LogP contribution in [0.4, 0.5) is 0 Å². The van der Waals surface area contributed by atoms with Crippen LogP contribution in [0.15, 0.2) is 42.7 Å². The van der Waals surface area contributed by atoms with E-state index in [0.717, 1.165) is 19.6 Å². The van der Waals surface area contributed by atoms with Crippen LogP contribution in [0.25, 0.3) is 0 Å². The Morgan fingerprint density at radius 2 is 2.06 bits per heavy atom. The van der Waals surface area contributed by atoms with Gasteiger partial charge in [0.25, 0.3) is 0 Å². The van der Waals surface area contributed by atoms with Gasteiger partial charge < -0.3 is 0 Å². The van der Waals surface area contributed by atoms with E-state index < -0.39 is 0 Å². The lowest BCUT2D eigenvalue weighted by atomic mass is 10.1. The summed E-state index contributed by atoms with van der Waals surface area (Å²) in [5.74, 6) is 0. The molecule has 0 amide bonds. The second-order valence-corrected chi connectivity index (χ2v) is 4.59. The predicted octanol–water partition coefficient (Wildman–Crippen LogP) is 2.67. The van der Waals surface area contributed by atoms with Crippen molar-refractivity contribution in [3.8, 4) is 0 Å². The molecular formula is C13H16ClN3. The first kappa shape index (κ1) is 12.1. The van der Waals surface area contributed by atoms with Gasteiger partial charge in [0.15, 0.2) is 0 Å². The SMILES string of the molecule is CN(CCc1ccccc1)Cn1cc(Cl)cn1. The average Bonchev–Trinajstić information content (AvgIpc) is 2.73. The van der Waals surface area contributed by atoms with Crippen molar-refractivity contribution in [3.05, 3.63) is 53.3 Å². The molecule has 1 aromatic carbocycles. The van der Waals surface area contributed by atoms with Gasteiger partial charge in [0.05, 0.1) is 17.9 Å². The Kier molecular flexibility index (Phi) is 4.18. The molecule has 0 radical (unpaired) electrons. The maximum Gasteiger partial charge on any atom is 0.0926 e. The molecule has 0 atom stereocenters. The molecule has 0 spiro atoms. The van der Waals surface area contributed by atoms with Gasteiger partial charge in [0.1, 0.15) is 0 Å². The minimum Gasteiger partial charge on any atom is -0.287 e. The summed E-state index contributed by atoms with van der Waals surface area (Å²) in [7, 11) is 2.08. The molecule has 17 heavy (non-hydrogen) atoms. The summed E-state index contributed by atoms with van der Waals surface area (Å²) < 4.78 is 1.84. The first-order valence-electron chi connectivity index (χ1n) is 5.64. The number of hydrogen-bond donors (Lipinski definition) is 0. The Labute approximate surface area is 107 Å². The van der Waals surface area contributed by atoms with Gasteiger partial charge in [0.2, 0.25) is 0 Å². The van der Waals surface area contributed by atoms with E-state index in [1.165, 1.54) is 5.56 Å². The summed E-state index contributed by atoms with van der Waals surface area (Å²) in [4.78, 5) is 2.22. The van der Waals surface area contributed by atoms with Gasteiger partial charge >= 0.3 is 0 Å². The minimum absolute atomic E-state index is 0.682. The van der Waals surface area contributed by atoms with Crippen LogP contribution in [0.3, 0.4) is 0 Å². The number of hydrogen-bond acceptors (Lipinski definition) is 2. The van der Waals surface area contributed by atoms with Crippen LogP contribution in [0.1, 0.15) is 5.56 Å². The summed E-state index contributed by atoms with van der Waals surface area (Å²) >= 11 is 5.81. The number of halogens is 1. The highest BCUT2D eigenvalue weighted by molar-refractivity contribution is 6.30. The summed E-state index contributed by atoms with van der Waals surface area (Å²) in [6.07, 6.45) is 4.54. The fourth-order valence-corrected chi connectivity index (χ4v) is 1.85. The molecule has 0 unspecified atom stereocenters. The molecule has 0 saturated carbocycles. The van der Waals surface area contributed by atoms with Crippen LogP contribution in [0.5, 0.6) is 0 Å². The number of likely N-dealkylation sites (N-methyl/N-ethyl adjacent to an activating group) is 1. The van der Waals surface area contributed by atoms with Crippen LogP contribution < -0.4 is 0 Å². The van der Waals surface area contributed by atoms with E-state index in [-0.39, 0.29) is 0 Å². The first-order chi connectivity index (χ1) is 8.24. The van der Waals surface area contributed by atoms with Crippen molar-refractivity contribution in [2.45, 2.75) is 13.1 Å². The fourth-order valence-electron chi connectivity index (χ4n) is 1.70. The summed E-state index contributed by atoms with van der Waals surface area (Å²) in [6, 6.07) is 10.5. The van der Waals surface area contributed by atoms with Crippen LogP contribution in [0.2, 0.25) is 5.02 Å². The van der Waals surface area contributed by atoms with Crippen LogP contribution in [0, 0.1) is 0 Å². The lowest BCUT2D eigenvalue weighted by Crippen LogP contribution is -2.24. The van der Waals surface area contributed by atoms with Gasteiger partial charge in [-0.2, -0.15) is 5.10 Å². The van der Waals surface area contributed by atoms with Gasteiger partial charge in [-0.15, -0.1) is 0 Å². The van der Waals surface area contributed by atoms with Crippen molar-refractivity contribution in [3.63, 3.8) is 0 Å². The Morgan fingerprint density at radius 1 is 1.29 bits per heavy atom. The van der Waals surface area contributed by atoms with Crippen LogP contribution in [-0.4, -0.2) is 28.3 Å². The maximum atomic E-state index is 5.81. The van der Waals surface area contributed by atoms with E-state index in [4.69, 9.17) is 11.6 Å². The Hall–Kier alpha value is -1.32. The lowest BCUT2D eigenvalue weighted by molar-refractivity contribution is 0.257. The lowest BCUT2D eigenvalue weighted by Gasteiger charge is -2.16. The van der Waals surface area contributed by atoms with Crippen LogP contribution >= 0.6 is 11.6 Å². The highest BCUT2D eigenvalue weighted by Crippen LogP contribution is 2.05. The van der Waals surface area contributed by atoms with E-state index in [1.807, 2.05) is 16.9 Å². The van der Waals surface area contributed by atoms with Gasteiger partial charge in [0, 0.05) is 12.7 Å². The minimum atomic E-state index is 0.682. The molecule has 4 heteroatoms. The maximum absolute atomic E-state index is 5.81. The normalized spacial score (nSPS) is 11.0. The van der Waals surface area contributed by atoms with E-state index in [0.29, 0.717) is 5.02 Å². The number of aromatic nitrogens is 2. The van der Waals surface area contributed by atoms with Gasteiger partial charge in [-0.3, -0.25) is 9.58 Å². The van der Waals surface area contributed by atoms with Gasteiger partial charge in [-0.05, 0) is 19.0 Å². The molecule has 0 aliphatic carbocycles. The first-order valence-corrected chi connectivity index (χ1v) is 6.02. The fraction of sp³-hybridized carbons (Fsp3) is 0.308. The van der Waals surface area contributed by atoms with Crippen molar-refractivity contribution < 1.29 is 0 Å². The van der Waals surface area contributed by atoms with Crippen molar-refractivity contribution in [1.29, 1.82) is 0 Å². The van der Waals surface area contributed by atoms with E-state index in [2.05, 4.69) is 41.3 Å². The number of nitrogens with zero attached hydrogens (tertiary/aromatic N) is 3. The molecule has 0 fully saturated rings. The third-order valence-corrected chi connectivity index (χ3v) is 2.81. The topological polar surface area (TPSA) is 21.1 Å². The van der Waals surface area contributed by atoms with Crippen molar-refractivity contribution >= 4 is 11.6 Å². The largest absolute Gasteiger partial charge is 0.287 e. The Morgan fingerprint density at radius 3 is 2.71 bits per heavy atom. The molecule has 1 aromatic heterocycles. The quantitative estimate of drug-likeness (QED) is 0.812. The second-order valence-electron chi connectivity index (χ2n) is 4.15. The molecule has 0 N–H and O–H groups in total. The Bertz CT molecular complexity index is 453. The summed E-state index contributed by atoms with van der Waals surface area (Å²) in [6.45, 7) is 1.76. The third-order valence-electron chi connectivity index (χ3n) is 2.61. The molecule has 0 aliphatic heterocycles. The van der Waals surface area contributed by atoms with Crippen molar-refractivity contribution in [2.24, 2.45) is 0 Å². The molecule has 3 nitrogen and oxygen atoms in total. The zero-order valence-corrected chi connectivity index (χ0v) is 10.6. The van der Waals surface area contributed by atoms with Gasteiger partial charge in [-0.1, -0.05) is 41.9 Å². The van der Waals surface area contributed by atoms with Crippen molar-refractivity contribution in [1.82, 2.24) is 14.7 Å². The third kappa shape index (κ3) is 3.88. The van der Waals surface area contributed by atoms with E-state index in [1.54, 1.807) is 6.20 Å². The molecule has 1 heterocycles. The summed E-state index contributed by atoms with van der Waals surface area (Å²) in [5.41, 5.74) is 1.36. The predicted molar refractivity (Wildman–Crippen MR) is 70.0 cm³/mol. The van der Waals surface area contributed by atoms with Gasteiger partial charge in [-0.25, -0.2) is 0 Å². The molecule has 0 bridgehead atoms. The average molecular weight is 250 g/mol. The Balaban J connectivity index is 1.80. The highest BCUT2D eigenvalue weighted by atomic mass is 35.5. The van der Waals surface area contributed by atoms with E-state index >= 15 is 0 Å². The number of rotatable bonds is 5. The van der Waals surface area contributed by atoms with E-state index in [9.17, 15) is 0 Å². The highest BCUT2D eigenvalue weighted by Gasteiger charge is 2.01. The van der Waals surface area contributed by atoms with Crippen LogP contribution in [-0.2, 0) is 13.1 Å².